The summed E-state index contributed by atoms with van der Waals surface area (Å²) in [5.41, 5.74) is 1.87. The van der Waals surface area contributed by atoms with E-state index in [1.807, 2.05) is 48.5 Å². The third-order valence-corrected chi connectivity index (χ3v) is 4.49. The van der Waals surface area contributed by atoms with E-state index < -0.39 is 0 Å². The molecule has 130 valence electrons. The van der Waals surface area contributed by atoms with Gasteiger partial charge in [-0.1, -0.05) is 24.3 Å². The molecule has 2 aromatic rings. The molecule has 0 radical (unpaired) electrons. The maximum Gasteiger partial charge on any atom is 0.256 e. The van der Waals surface area contributed by atoms with Crippen LogP contribution in [0.5, 0.6) is 11.5 Å². The summed E-state index contributed by atoms with van der Waals surface area (Å²) in [6, 6.07) is 15.6. The molecule has 0 unspecified atom stereocenters. The summed E-state index contributed by atoms with van der Waals surface area (Å²) >= 11 is 0. The summed E-state index contributed by atoms with van der Waals surface area (Å²) in [6.45, 7) is 2.25. The van der Waals surface area contributed by atoms with Gasteiger partial charge in [0.1, 0.15) is 19.3 Å². The molecule has 0 aromatic heterocycles. The van der Waals surface area contributed by atoms with Gasteiger partial charge in [-0.05, 0) is 42.7 Å². The number of ether oxygens (including phenoxy) is 3. The fraction of sp³-hybridized carbons (Fsp3) is 0.350. The van der Waals surface area contributed by atoms with Gasteiger partial charge < -0.3 is 19.1 Å². The zero-order chi connectivity index (χ0) is 17.1. The number of hydrogen-bond donors (Lipinski definition) is 0. The van der Waals surface area contributed by atoms with Crippen LogP contribution in [0.2, 0.25) is 0 Å². The van der Waals surface area contributed by atoms with Gasteiger partial charge >= 0.3 is 0 Å². The van der Waals surface area contributed by atoms with Crippen LogP contribution in [0.15, 0.2) is 48.5 Å². The molecule has 2 aromatic carbocycles. The number of hydrogen-bond acceptors (Lipinski definition) is 4. The number of para-hydroxylation sites is 1. The smallest absolute Gasteiger partial charge is 0.256 e. The quantitative estimate of drug-likeness (QED) is 0.858. The molecule has 1 amide bonds. The van der Waals surface area contributed by atoms with Gasteiger partial charge in [0.2, 0.25) is 0 Å². The van der Waals surface area contributed by atoms with Gasteiger partial charge in [0, 0.05) is 12.3 Å². The first-order valence-corrected chi connectivity index (χ1v) is 8.68. The third kappa shape index (κ3) is 3.46. The highest BCUT2D eigenvalue weighted by molar-refractivity contribution is 5.96. The van der Waals surface area contributed by atoms with Gasteiger partial charge in [0.25, 0.3) is 5.91 Å². The van der Waals surface area contributed by atoms with Crippen molar-refractivity contribution in [3.8, 4) is 11.5 Å². The van der Waals surface area contributed by atoms with E-state index in [0.29, 0.717) is 26.4 Å². The molecule has 2 aliphatic rings. The summed E-state index contributed by atoms with van der Waals surface area (Å²) in [4.78, 5) is 14.8. The Hall–Kier alpha value is -2.53. The van der Waals surface area contributed by atoms with Gasteiger partial charge in [0.15, 0.2) is 11.5 Å². The second-order valence-electron chi connectivity index (χ2n) is 6.24. The summed E-state index contributed by atoms with van der Waals surface area (Å²) in [6.07, 6.45) is 1.37. The fourth-order valence-corrected chi connectivity index (χ4v) is 3.22. The molecule has 1 saturated heterocycles. The summed E-state index contributed by atoms with van der Waals surface area (Å²) < 4.78 is 16.8. The lowest BCUT2D eigenvalue weighted by molar-refractivity contribution is -0.127. The van der Waals surface area contributed by atoms with Crippen molar-refractivity contribution < 1.29 is 19.0 Å². The number of nitrogens with zero attached hydrogens (tertiary/aromatic N) is 1. The number of amides is 1. The SMILES string of the molecule is O=C([C@H]1CCCO1)N(Cc1ccc2c(c1)OCCO2)c1ccccc1. The molecule has 2 aliphatic heterocycles. The molecule has 2 heterocycles. The standard InChI is InChI=1S/C20H21NO4/c22-20(18-7-4-10-23-18)21(16-5-2-1-3-6-16)14-15-8-9-17-19(13-15)25-12-11-24-17/h1-3,5-6,8-9,13,18H,4,7,10-12,14H2/t18-/m1/s1. The van der Waals surface area contributed by atoms with Crippen molar-refractivity contribution in [2.24, 2.45) is 0 Å². The fourth-order valence-electron chi connectivity index (χ4n) is 3.22. The van der Waals surface area contributed by atoms with Crippen LogP contribution in [0.25, 0.3) is 0 Å². The Labute approximate surface area is 147 Å². The van der Waals surface area contributed by atoms with Gasteiger partial charge in [-0.3, -0.25) is 4.79 Å². The van der Waals surface area contributed by atoms with Crippen LogP contribution in [0.3, 0.4) is 0 Å². The molecule has 4 rings (SSSR count). The number of fused-ring (bicyclic) bond motifs is 1. The van der Waals surface area contributed by atoms with E-state index in [2.05, 4.69) is 0 Å². The average molecular weight is 339 g/mol. The molecule has 5 heteroatoms. The minimum absolute atomic E-state index is 0.0126. The normalized spacial score (nSPS) is 18.8. The van der Waals surface area contributed by atoms with Crippen molar-refractivity contribution in [1.82, 2.24) is 0 Å². The molecule has 25 heavy (non-hydrogen) atoms. The Morgan fingerprint density at radius 3 is 2.56 bits per heavy atom. The average Bonchev–Trinajstić information content (AvgIpc) is 3.21. The lowest BCUT2D eigenvalue weighted by Crippen LogP contribution is -2.38. The van der Waals surface area contributed by atoms with Crippen LogP contribution in [0, 0.1) is 0 Å². The summed E-state index contributed by atoms with van der Waals surface area (Å²) in [5, 5.41) is 0. The zero-order valence-electron chi connectivity index (χ0n) is 14.0. The Morgan fingerprint density at radius 1 is 1.00 bits per heavy atom. The predicted molar refractivity (Wildman–Crippen MR) is 94.0 cm³/mol. The van der Waals surface area contributed by atoms with Crippen molar-refractivity contribution in [2.45, 2.75) is 25.5 Å². The zero-order valence-corrected chi connectivity index (χ0v) is 14.0. The van der Waals surface area contributed by atoms with Crippen LogP contribution >= 0.6 is 0 Å². The van der Waals surface area contributed by atoms with Gasteiger partial charge in [0.05, 0.1) is 6.54 Å². The topological polar surface area (TPSA) is 48.0 Å². The maximum absolute atomic E-state index is 13.0. The van der Waals surface area contributed by atoms with Crippen molar-refractivity contribution in [3.63, 3.8) is 0 Å². The Bertz CT molecular complexity index is 741. The number of anilines is 1. The van der Waals surface area contributed by atoms with Crippen LogP contribution < -0.4 is 14.4 Å². The first-order valence-electron chi connectivity index (χ1n) is 8.68. The molecule has 0 spiro atoms. The lowest BCUT2D eigenvalue weighted by Gasteiger charge is -2.26. The minimum Gasteiger partial charge on any atom is -0.486 e. The second kappa shape index (κ2) is 7.15. The minimum atomic E-state index is -0.350. The molecular weight excluding hydrogens is 318 g/mol. The van der Waals surface area contributed by atoms with Crippen LogP contribution in [0.1, 0.15) is 18.4 Å². The van der Waals surface area contributed by atoms with E-state index >= 15 is 0 Å². The van der Waals surface area contributed by atoms with Crippen LogP contribution in [0.4, 0.5) is 5.69 Å². The molecular formula is C20H21NO4. The first kappa shape index (κ1) is 16.0. The van der Waals surface area contributed by atoms with Gasteiger partial charge in [-0.25, -0.2) is 0 Å². The lowest BCUT2D eigenvalue weighted by atomic mass is 10.1. The Balaban J connectivity index is 1.61. The molecule has 1 atom stereocenters. The monoisotopic (exact) mass is 339 g/mol. The number of carbonyl (C=O) groups is 1. The molecule has 0 aliphatic carbocycles. The second-order valence-corrected chi connectivity index (χ2v) is 6.24. The highest BCUT2D eigenvalue weighted by Crippen LogP contribution is 2.32. The molecule has 0 bridgehead atoms. The number of benzene rings is 2. The first-order chi connectivity index (χ1) is 12.3. The van der Waals surface area contributed by atoms with Gasteiger partial charge in [-0.2, -0.15) is 0 Å². The maximum atomic E-state index is 13.0. The van der Waals surface area contributed by atoms with E-state index in [-0.39, 0.29) is 12.0 Å². The predicted octanol–water partition coefficient (Wildman–Crippen LogP) is 3.17. The number of carbonyl (C=O) groups excluding carboxylic acids is 1. The van der Waals surface area contributed by atoms with Gasteiger partial charge in [-0.15, -0.1) is 0 Å². The van der Waals surface area contributed by atoms with Crippen molar-refractivity contribution >= 4 is 11.6 Å². The Morgan fingerprint density at radius 2 is 1.80 bits per heavy atom. The molecule has 0 N–H and O–H groups in total. The Kier molecular flexibility index (Phi) is 4.57. The highest BCUT2D eigenvalue weighted by atomic mass is 16.6. The van der Waals surface area contributed by atoms with Crippen LogP contribution in [-0.4, -0.2) is 31.8 Å². The number of rotatable bonds is 4. The molecule has 0 saturated carbocycles. The highest BCUT2D eigenvalue weighted by Gasteiger charge is 2.29. The van der Waals surface area contributed by atoms with E-state index in [9.17, 15) is 4.79 Å². The largest absolute Gasteiger partial charge is 0.486 e. The third-order valence-electron chi connectivity index (χ3n) is 4.49. The molecule has 5 nitrogen and oxygen atoms in total. The summed E-state index contributed by atoms with van der Waals surface area (Å²) in [5.74, 6) is 1.51. The van der Waals surface area contributed by atoms with Crippen LogP contribution in [-0.2, 0) is 16.1 Å². The van der Waals surface area contributed by atoms with Crippen molar-refractivity contribution in [1.29, 1.82) is 0 Å². The molecule has 1 fully saturated rings. The van der Waals surface area contributed by atoms with Crippen molar-refractivity contribution in [3.05, 3.63) is 54.1 Å². The van der Waals surface area contributed by atoms with E-state index in [1.165, 1.54) is 0 Å². The van der Waals surface area contributed by atoms with E-state index in [1.54, 1.807) is 4.90 Å². The van der Waals surface area contributed by atoms with E-state index in [0.717, 1.165) is 35.6 Å². The van der Waals surface area contributed by atoms with E-state index in [4.69, 9.17) is 14.2 Å². The summed E-state index contributed by atoms with van der Waals surface area (Å²) in [7, 11) is 0. The van der Waals surface area contributed by atoms with Crippen molar-refractivity contribution in [2.75, 3.05) is 24.7 Å².